The lowest BCUT2D eigenvalue weighted by atomic mass is 10.1. The fourth-order valence-corrected chi connectivity index (χ4v) is 3.83. The first-order valence-corrected chi connectivity index (χ1v) is 10.9. The van der Waals surface area contributed by atoms with E-state index in [1.807, 2.05) is 42.5 Å². The van der Waals surface area contributed by atoms with Crippen LogP contribution in [0.25, 0.3) is 11.1 Å². The third-order valence-electron chi connectivity index (χ3n) is 5.65. The Bertz CT molecular complexity index is 975. The summed E-state index contributed by atoms with van der Waals surface area (Å²) >= 11 is 0. The first-order chi connectivity index (χ1) is 16.0. The van der Waals surface area contributed by atoms with E-state index in [0.717, 1.165) is 16.0 Å². The molecule has 9 heteroatoms. The van der Waals surface area contributed by atoms with Crippen LogP contribution >= 0.6 is 0 Å². The molecule has 33 heavy (non-hydrogen) atoms. The molecule has 9 nitrogen and oxygen atoms in total. The number of benzene rings is 2. The number of carbonyl (C=O) groups excluding carboxylic acids is 3. The number of imide groups is 1. The predicted molar refractivity (Wildman–Crippen MR) is 119 cm³/mol. The van der Waals surface area contributed by atoms with Crippen molar-refractivity contribution in [3.8, 4) is 16.9 Å². The Balaban J connectivity index is 1.25. The van der Waals surface area contributed by atoms with E-state index in [-0.39, 0.29) is 25.5 Å². The van der Waals surface area contributed by atoms with E-state index in [0.29, 0.717) is 32.1 Å². The van der Waals surface area contributed by atoms with Gasteiger partial charge in [0.05, 0.1) is 26.2 Å². The van der Waals surface area contributed by atoms with Gasteiger partial charge in [0.2, 0.25) is 5.91 Å². The highest BCUT2D eigenvalue weighted by molar-refractivity contribution is 6.05. The third-order valence-corrected chi connectivity index (χ3v) is 5.65. The Labute approximate surface area is 191 Å². The second kappa shape index (κ2) is 10.5. The van der Waals surface area contributed by atoms with Gasteiger partial charge in [-0.1, -0.05) is 42.5 Å². The van der Waals surface area contributed by atoms with E-state index >= 15 is 0 Å². The van der Waals surface area contributed by atoms with Gasteiger partial charge in [-0.15, -0.1) is 0 Å². The molecule has 174 valence electrons. The molecule has 0 radical (unpaired) electrons. The molecule has 2 aromatic rings. The van der Waals surface area contributed by atoms with Gasteiger partial charge < -0.3 is 24.8 Å². The molecule has 2 heterocycles. The molecule has 2 aliphatic heterocycles. The van der Waals surface area contributed by atoms with Crippen LogP contribution in [0.5, 0.6) is 5.75 Å². The summed E-state index contributed by atoms with van der Waals surface area (Å²) in [5, 5.41) is 12.9. The van der Waals surface area contributed by atoms with Crippen molar-refractivity contribution in [3.05, 3.63) is 54.6 Å². The number of hydrogen-bond acceptors (Lipinski definition) is 6. The summed E-state index contributed by atoms with van der Waals surface area (Å²) in [6.07, 6.45) is -1.18. The average Bonchev–Trinajstić information content (AvgIpc) is 3.11. The SMILES string of the molecule is O=C(C[C@@H]1NC(=O)N(C[C@@H](O)COc2ccc(-c3ccccc3)cc2)C1=O)N1CCOCC1. The molecule has 2 fully saturated rings. The Kier molecular flexibility index (Phi) is 7.21. The quantitative estimate of drug-likeness (QED) is 0.583. The van der Waals surface area contributed by atoms with Crippen LogP contribution in [0.15, 0.2) is 54.6 Å². The first kappa shape index (κ1) is 22.8. The van der Waals surface area contributed by atoms with Crippen LogP contribution in [0, 0.1) is 0 Å². The molecule has 2 aliphatic rings. The molecule has 0 aliphatic carbocycles. The predicted octanol–water partition coefficient (Wildman–Crippen LogP) is 1.26. The average molecular weight is 453 g/mol. The Morgan fingerprint density at radius 3 is 2.42 bits per heavy atom. The van der Waals surface area contributed by atoms with Crippen LogP contribution < -0.4 is 10.1 Å². The van der Waals surface area contributed by atoms with Crippen LogP contribution in [0.2, 0.25) is 0 Å². The zero-order valence-corrected chi connectivity index (χ0v) is 18.2. The van der Waals surface area contributed by atoms with Crippen molar-refractivity contribution in [3.63, 3.8) is 0 Å². The van der Waals surface area contributed by atoms with Crippen LogP contribution in [0.3, 0.4) is 0 Å². The molecule has 4 amide bonds. The van der Waals surface area contributed by atoms with Crippen molar-refractivity contribution in [1.82, 2.24) is 15.1 Å². The number of ether oxygens (including phenoxy) is 2. The van der Waals surface area contributed by atoms with Crippen molar-refractivity contribution in [1.29, 1.82) is 0 Å². The van der Waals surface area contributed by atoms with E-state index in [4.69, 9.17) is 9.47 Å². The highest BCUT2D eigenvalue weighted by atomic mass is 16.5. The van der Waals surface area contributed by atoms with E-state index < -0.39 is 24.1 Å². The van der Waals surface area contributed by atoms with Gasteiger partial charge in [-0.3, -0.25) is 14.5 Å². The largest absolute Gasteiger partial charge is 0.491 e. The number of β-amino-alcohol motifs (C(OH)–C–C–N with tert-alkyl or cyclic N) is 1. The molecule has 0 unspecified atom stereocenters. The highest BCUT2D eigenvalue weighted by Gasteiger charge is 2.40. The van der Waals surface area contributed by atoms with E-state index in [1.165, 1.54) is 0 Å². The minimum absolute atomic E-state index is 0.0842. The molecule has 4 rings (SSSR count). The third kappa shape index (κ3) is 5.68. The molecular formula is C24H27N3O6. The Morgan fingerprint density at radius 1 is 1.06 bits per heavy atom. The number of carbonyl (C=O) groups is 3. The molecule has 0 spiro atoms. The summed E-state index contributed by atoms with van der Waals surface area (Å²) < 4.78 is 10.8. The summed E-state index contributed by atoms with van der Waals surface area (Å²) in [5.41, 5.74) is 2.13. The number of rotatable bonds is 8. The molecule has 2 saturated heterocycles. The molecule has 0 bridgehead atoms. The molecular weight excluding hydrogens is 426 g/mol. The second-order valence-electron chi connectivity index (χ2n) is 8.00. The lowest BCUT2D eigenvalue weighted by Gasteiger charge is -2.27. The van der Waals surface area contributed by atoms with Crippen molar-refractivity contribution in [2.24, 2.45) is 0 Å². The maximum Gasteiger partial charge on any atom is 0.324 e. The smallest absolute Gasteiger partial charge is 0.324 e. The van der Waals surface area contributed by atoms with Gasteiger partial charge in [0.1, 0.15) is 24.5 Å². The standard InChI is InChI=1S/C24H27N3O6/c28-19(16-33-20-8-6-18(7-9-20)17-4-2-1-3-5-17)15-27-23(30)21(25-24(27)31)14-22(29)26-10-12-32-13-11-26/h1-9,19,21,28H,10-16H2,(H,25,31)/t19-,21+/m1/s1. The van der Waals surface area contributed by atoms with Gasteiger partial charge in [0.25, 0.3) is 5.91 Å². The summed E-state index contributed by atoms with van der Waals surface area (Å²) in [6.45, 7) is 1.57. The van der Waals surface area contributed by atoms with Crippen LogP contribution in [0.1, 0.15) is 6.42 Å². The highest BCUT2D eigenvalue weighted by Crippen LogP contribution is 2.22. The maximum absolute atomic E-state index is 12.6. The summed E-state index contributed by atoms with van der Waals surface area (Å²) in [7, 11) is 0. The number of nitrogens with one attached hydrogen (secondary N) is 1. The number of amides is 4. The van der Waals surface area contributed by atoms with Crippen LogP contribution in [-0.2, 0) is 14.3 Å². The van der Waals surface area contributed by atoms with E-state index in [2.05, 4.69) is 5.32 Å². The monoisotopic (exact) mass is 453 g/mol. The normalized spacial score (nSPS) is 19.4. The molecule has 0 saturated carbocycles. The lowest BCUT2D eigenvalue weighted by Crippen LogP contribution is -2.44. The number of aliphatic hydroxyl groups is 1. The number of morpholine rings is 1. The van der Waals surface area contributed by atoms with Gasteiger partial charge in [-0.2, -0.15) is 0 Å². The summed E-state index contributed by atoms with van der Waals surface area (Å²) in [5.74, 6) is -0.158. The van der Waals surface area contributed by atoms with Crippen molar-refractivity contribution >= 4 is 17.8 Å². The molecule has 2 aromatic carbocycles. The summed E-state index contributed by atoms with van der Waals surface area (Å²) in [6, 6.07) is 15.8. The lowest BCUT2D eigenvalue weighted by molar-refractivity contribution is -0.138. The summed E-state index contributed by atoms with van der Waals surface area (Å²) in [4.78, 5) is 39.8. The van der Waals surface area contributed by atoms with Gasteiger partial charge in [-0.05, 0) is 23.3 Å². The minimum atomic E-state index is -1.07. The maximum atomic E-state index is 12.6. The Hall–Kier alpha value is -3.43. The van der Waals surface area contributed by atoms with Crippen molar-refractivity contribution in [2.45, 2.75) is 18.6 Å². The second-order valence-corrected chi connectivity index (χ2v) is 8.00. The fraction of sp³-hybridized carbons (Fsp3) is 0.375. The van der Waals surface area contributed by atoms with Crippen LogP contribution in [0.4, 0.5) is 4.79 Å². The molecule has 2 N–H and O–H groups in total. The zero-order valence-electron chi connectivity index (χ0n) is 18.2. The number of urea groups is 1. The Morgan fingerprint density at radius 2 is 1.73 bits per heavy atom. The van der Waals surface area contributed by atoms with Gasteiger partial charge in [-0.25, -0.2) is 4.79 Å². The van der Waals surface area contributed by atoms with Crippen molar-refractivity contribution < 1.29 is 29.0 Å². The number of nitrogens with zero attached hydrogens (tertiary/aromatic N) is 2. The zero-order chi connectivity index (χ0) is 23.2. The van der Waals surface area contributed by atoms with E-state index in [1.54, 1.807) is 17.0 Å². The number of hydrogen-bond donors (Lipinski definition) is 2. The fourth-order valence-electron chi connectivity index (χ4n) is 3.83. The number of aliphatic hydroxyl groups excluding tert-OH is 1. The molecule has 2 atom stereocenters. The van der Waals surface area contributed by atoms with Crippen LogP contribution in [-0.4, -0.2) is 84.4 Å². The first-order valence-electron chi connectivity index (χ1n) is 10.9. The minimum Gasteiger partial charge on any atom is -0.491 e. The van der Waals surface area contributed by atoms with Gasteiger partial charge in [0.15, 0.2) is 0 Å². The van der Waals surface area contributed by atoms with E-state index in [9.17, 15) is 19.5 Å². The van der Waals surface area contributed by atoms with Gasteiger partial charge >= 0.3 is 6.03 Å². The molecule has 0 aromatic heterocycles. The van der Waals surface area contributed by atoms with Gasteiger partial charge in [0, 0.05) is 13.1 Å². The topological polar surface area (TPSA) is 108 Å². The van der Waals surface area contributed by atoms with Crippen molar-refractivity contribution in [2.75, 3.05) is 39.5 Å².